The van der Waals surface area contributed by atoms with Crippen LogP contribution in [0.25, 0.3) is 46.4 Å². The second-order valence-corrected chi connectivity index (χ2v) is 7.24. The van der Waals surface area contributed by atoms with Crippen LogP contribution in [0, 0.1) is 6.07 Å². The Morgan fingerprint density at radius 1 is 0.562 bits per heavy atom. The van der Waals surface area contributed by atoms with Crippen LogP contribution in [0.3, 0.4) is 0 Å². The number of nitrogen functional groups attached to an aromatic ring is 1. The predicted octanol–water partition coefficient (Wildman–Crippen LogP) is 5.72. The zero-order valence-electron chi connectivity index (χ0n) is 17.1. The van der Waals surface area contributed by atoms with E-state index in [4.69, 9.17) is 5.73 Å². The number of H-pyrrole nitrogens is 2. The molecule has 158 valence electrons. The number of nitrogens with zero attached hydrogens (tertiary/aromatic N) is 2. The molecule has 1 aromatic carbocycles. The summed E-state index contributed by atoms with van der Waals surface area (Å²) < 4.78 is 0. The smallest absolute Gasteiger partial charge is 0.0659 e. The second kappa shape index (κ2) is 9.52. The Morgan fingerprint density at radius 2 is 0.969 bits per heavy atom. The van der Waals surface area contributed by atoms with E-state index in [9.17, 15) is 0 Å². The molecule has 8 bridgehead atoms. The Morgan fingerprint density at radius 3 is 1.38 bits per heavy atom. The summed E-state index contributed by atoms with van der Waals surface area (Å²) in [5.41, 5.74) is 14.0. The molecule has 0 atom stereocenters. The van der Waals surface area contributed by atoms with Crippen molar-refractivity contribution >= 4 is 52.1 Å². The van der Waals surface area contributed by atoms with Gasteiger partial charge in [-0.05, 0) is 72.8 Å². The molecule has 0 aliphatic carbocycles. The van der Waals surface area contributed by atoms with Crippen LogP contribution in [-0.4, -0.2) is 19.9 Å². The molecule has 0 spiro atoms. The van der Waals surface area contributed by atoms with Crippen LogP contribution < -0.4 is 5.73 Å². The van der Waals surface area contributed by atoms with E-state index in [0.717, 1.165) is 50.5 Å². The van der Waals surface area contributed by atoms with Gasteiger partial charge in [0.1, 0.15) is 0 Å². The van der Waals surface area contributed by atoms with Gasteiger partial charge in [0.2, 0.25) is 0 Å². The average Bonchev–Trinajstić information content (AvgIpc) is 3.55. The molecule has 5 heterocycles. The van der Waals surface area contributed by atoms with E-state index in [1.807, 2.05) is 42.5 Å². The molecule has 0 amide bonds. The van der Waals surface area contributed by atoms with Gasteiger partial charge in [-0.25, -0.2) is 9.97 Å². The van der Waals surface area contributed by atoms with Gasteiger partial charge in [0, 0.05) is 39.1 Å². The predicted molar refractivity (Wildman–Crippen MR) is 129 cm³/mol. The number of nitrogens with one attached hydrogen (secondary N) is 2. The first-order valence-electron chi connectivity index (χ1n) is 9.96. The summed E-state index contributed by atoms with van der Waals surface area (Å²) in [7, 11) is 0. The van der Waals surface area contributed by atoms with Crippen molar-refractivity contribution in [1.29, 1.82) is 0 Å². The normalized spacial score (nSPS) is 11.4. The Hall–Kier alpha value is -3.86. The van der Waals surface area contributed by atoms with E-state index in [1.165, 1.54) is 0 Å². The van der Waals surface area contributed by atoms with Gasteiger partial charge in [-0.2, -0.15) is 18.2 Å². The third-order valence-electron chi connectivity index (χ3n) is 4.79. The van der Waals surface area contributed by atoms with Crippen molar-refractivity contribution in [2.75, 3.05) is 5.73 Å². The molecule has 0 saturated heterocycles. The molecule has 0 unspecified atom stereocenters. The van der Waals surface area contributed by atoms with Crippen molar-refractivity contribution in [3.63, 3.8) is 0 Å². The standard InChI is InChI=1S/C20H14N4.C6H6N.Fe/c1-2-14-10-16-5-6-18(23-16)12-20-8-7-19(24-20)11-17-4-3-15(22-17)9-13(1)21-14;7-6-4-2-1-3-5-6;/h1-12,21-22H;2-5H,7H2;/q;-1;. The van der Waals surface area contributed by atoms with Gasteiger partial charge in [-0.1, -0.05) is 5.69 Å². The molecule has 32 heavy (non-hydrogen) atoms. The average molecular weight is 458 g/mol. The third-order valence-corrected chi connectivity index (χ3v) is 4.79. The summed E-state index contributed by atoms with van der Waals surface area (Å²) in [4.78, 5) is 16.0. The molecule has 0 saturated carbocycles. The topological polar surface area (TPSA) is 83.4 Å². The number of anilines is 1. The zero-order chi connectivity index (χ0) is 21.0. The molecule has 6 heteroatoms. The van der Waals surface area contributed by atoms with Crippen LogP contribution >= 0.6 is 0 Å². The molecular formula is C26H20FeN5-. The number of benzene rings is 1. The molecule has 2 aliphatic rings. The van der Waals surface area contributed by atoms with Crippen molar-refractivity contribution < 1.29 is 17.1 Å². The van der Waals surface area contributed by atoms with Crippen LogP contribution in [0.1, 0.15) is 22.8 Å². The van der Waals surface area contributed by atoms with Crippen LogP contribution in [0.15, 0.2) is 72.8 Å². The molecule has 2 aliphatic heterocycles. The monoisotopic (exact) mass is 458 g/mol. The minimum atomic E-state index is 0. The van der Waals surface area contributed by atoms with Gasteiger partial charge in [0.25, 0.3) is 0 Å². The van der Waals surface area contributed by atoms with Gasteiger partial charge in [0.05, 0.1) is 22.8 Å². The number of nitrogens with two attached hydrogens (primary N) is 1. The summed E-state index contributed by atoms with van der Waals surface area (Å²) in [5, 5.41) is 0. The molecule has 6 rings (SSSR count). The Kier molecular flexibility index (Phi) is 6.36. The fraction of sp³-hybridized carbons (Fsp3) is 0. The first kappa shape index (κ1) is 21.4. The van der Waals surface area contributed by atoms with Gasteiger partial charge >= 0.3 is 0 Å². The SMILES string of the molecule is C1=Cc2cc3ccc(cc4ccc(cc5nc(cc1n2)C=C5)[nH]4)[nH]3.Nc1cc[c-]cc1.[Fe]. The van der Waals surface area contributed by atoms with Crippen molar-refractivity contribution in [3.05, 3.63) is 102 Å². The number of aromatic nitrogens is 4. The second-order valence-electron chi connectivity index (χ2n) is 7.24. The molecule has 5 nitrogen and oxygen atoms in total. The maximum absolute atomic E-state index is 5.34. The van der Waals surface area contributed by atoms with E-state index in [-0.39, 0.29) is 17.1 Å². The number of hydrogen-bond donors (Lipinski definition) is 3. The van der Waals surface area contributed by atoms with E-state index in [1.54, 1.807) is 24.3 Å². The van der Waals surface area contributed by atoms with Crippen LogP contribution in [0.4, 0.5) is 5.69 Å². The van der Waals surface area contributed by atoms with Crippen molar-refractivity contribution in [1.82, 2.24) is 19.9 Å². The first-order chi connectivity index (χ1) is 15.2. The van der Waals surface area contributed by atoms with Gasteiger partial charge in [-0.15, -0.1) is 12.1 Å². The Balaban J connectivity index is 0.000000265. The van der Waals surface area contributed by atoms with Crippen molar-refractivity contribution in [2.24, 2.45) is 0 Å². The quantitative estimate of drug-likeness (QED) is 0.155. The summed E-state index contributed by atoms with van der Waals surface area (Å²) in [6.07, 6.45) is 8.05. The molecule has 4 N–H and O–H groups in total. The minimum absolute atomic E-state index is 0. The third kappa shape index (κ3) is 5.24. The summed E-state index contributed by atoms with van der Waals surface area (Å²) in [6.45, 7) is 0. The zero-order valence-corrected chi connectivity index (χ0v) is 18.2. The molecule has 0 fully saturated rings. The number of fused-ring (bicyclic) bond motifs is 8. The van der Waals surface area contributed by atoms with Crippen LogP contribution in [0.2, 0.25) is 0 Å². The molecular weight excluding hydrogens is 438 g/mol. The fourth-order valence-corrected chi connectivity index (χ4v) is 3.34. The minimum Gasteiger partial charge on any atom is -0.419 e. The van der Waals surface area contributed by atoms with E-state index < -0.39 is 0 Å². The van der Waals surface area contributed by atoms with E-state index in [0.29, 0.717) is 0 Å². The Labute approximate surface area is 196 Å². The first-order valence-corrected chi connectivity index (χ1v) is 9.96. The van der Waals surface area contributed by atoms with E-state index in [2.05, 4.69) is 56.3 Å². The number of aromatic amines is 2. The number of hydrogen-bond acceptors (Lipinski definition) is 3. The van der Waals surface area contributed by atoms with Gasteiger partial charge in [0.15, 0.2) is 0 Å². The maximum Gasteiger partial charge on any atom is 0.0659 e. The van der Waals surface area contributed by atoms with Crippen molar-refractivity contribution in [3.8, 4) is 0 Å². The van der Waals surface area contributed by atoms with E-state index >= 15 is 0 Å². The summed E-state index contributed by atoms with van der Waals surface area (Å²) in [5.74, 6) is 0. The largest absolute Gasteiger partial charge is 0.419 e. The summed E-state index contributed by atoms with van der Waals surface area (Å²) in [6, 6.07) is 26.4. The summed E-state index contributed by atoms with van der Waals surface area (Å²) >= 11 is 0. The van der Waals surface area contributed by atoms with Gasteiger partial charge < -0.3 is 15.7 Å². The Bertz CT molecular complexity index is 1360. The molecule has 4 aromatic rings. The van der Waals surface area contributed by atoms with Crippen molar-refractivity contribution in [2.45, 2.75) is 0 Å². The molecule has 3 aromatic heterocycles. The van der Waals surface area contributed by atoms with Crippen LogP contribution in [0.5, 0.6) is 0 Å². The fourth-order valence-electron chi connectivity index (χ4n) is 3.34. The van der Waals surface area contributed by atoms with Gasteiger partial charge in [-0.3, -0.25) is 0 Å². The number of rotatable bonds is 0. The maximum atomic E-state index is 5.34. The van der Waals surface area contributed by atoms with Crippen LogP contribution in [-0.2, 0) is 17.1 Å². The molecule has 0 radical (unpaired) electrons.